The first-order chi connectivity index (χ1) is 9.92. The molecular formula is C16H20N2O2S. The minimum absolute atomic E-state index is 0.0739. The van der Waals surface area contributed by atoms with Crippen molar-refractivity contribution in [1.29, 1.82) is 0 Å². The number of hydrogen-bond donors (Lipinski definition) is 1. The van der Waals surface area contributed by atoms with Crippen LogP contribution in [0.5, 0.6) is 0 Å². The fourth-order valence-electron chi connectivity index (χ4n) is 3.12. The molecule has 2 unspecified atom stereocenters. The molecule has 112 valence electrons. The van der Waals surface area contributed by atoms with Crippen LogP contribution in [0.25, 0.3) is 0 Å². The number of thioether (sulfide) groups is 1. The highest BCUT2D eigenvalue weighted by Gasteiger charge is 2.52. The highest BCUT2D eigenvalue weighted by Crippen LogP contribution is 2.47. The number of amides is 2. The third-order valence-corrected chi connectivity index (χ3v) is 6.12. The fraction of sp³-hybridized carbons (Fsp3) is 0.500. The lowest BCUT2D eigenvalue weighted by molar-refractivity contribution is -0.135. The second-order valence-electron chi connectivity index (χ2n) is 6.00. The van der Waals surface area contributed by atoms with Crippen LogP contribution in [0.15, 0.2) is 18.2 Å². The van der Waals surface area contributed by atoms with Crippen molar-refractivity contribution in [2.45, 2.75) is 44.5 Å². The van der Waals surface area contributed by atoms with Crippen molar-refractivity contribution in [3.63, 3.8) is 0 Å². The van der Waals surface area contributed by atoms with Crippen LogP contribution in [-0.4, -0.2) is 33.4 Å². The van der Waals surface area contributed by atoms with Gasteiger partial charge in [-0.1, -0.05) is 12.1 Å². The van der Waals surface area contributed by atoms with Crippen molar-refractivity contribution in [2.75, 3.05) is 11.1 Å². The van der Waals surface area contributed by atoms with Gasteiger partial charge in [0.05, 0.1) is 4.87 Å². The predicted octanol–water partition coefficient (Wildman–Crippen LogP) is 2.70. The number of aryl methyl sites for hydroxylation is 1. The van der Waals surface area contributed by atoms with E-state index < -0.39 is 0 Å². The van der Waals surface area contributed by atoms with Crippen LogP contribution >= 0.6 is 11.8 Å². The van der Waals surface area contributed by atoms with Crippen molar-refractivity contribution in [3.8, 4) is 0 Å². The molecule has 3 rings (SSSR count). The van der Waals surface area contributed by atoms with E-state index in [0.717, 1.165) is 23.2 Å². The number of nitrogens with zero attached hydrogens (tertiary/aromatic N) is 1. The molecule has 0 saturated carbocycles. The number of carbonyl (C=O) groups is 2. The van der Waals surface area contributed by atoms with Gasteiger partial charge in [0.15, 0.2) is 0 Å². The predicted molar refractivity (Wildman–Crippen MR) is 85.3 cm³/mol. The van der Waals surface area contributed by atoms with E-state index in [2.05, 4.69) is 12.2 Å². The van der Waals surface area contributed by atoms with E-state index >= 15 is 0 Å². The van der Waals surface area contributed by atoms with E-state index in [1.807, 2.05) is 32.0 Å². The summed E-state index contributed by atoms with van der Waals surface area (Å²) in [4.78, 5) is 26.3. The topological polar surface area (TPSA) is 49.4 Å². The van der Waals surface area contributed by atoms with Crippen LogP contribution in [0.3, 0.4) is 0 Å². The second kappa shape index (κ2) is 5.05. The Morgan fingerprint density at radius 2 is 2.19 bits per heavy atom. The molecule has 21 heavy (non-hydrogen) atoms. The van der Waals surface area contributed by atoms with Gasteiger partial charge in [-0.05, 0) is 44.4 Å². The normalized spacial score (nSPS) is 27.9. The first-order valence-corrected chi connectivity index (χ1v) is 8.24. The minimum Gasteiger partial charge on any atom is -0.324 e. The van der Waals surface area contributed by atoms with Gasteiger partial charge < -0.3 is 10.2 Å². The summed E-state index contributed by atoms with van der Waals surface area (Å²) in [5, 5.41) is 3.00. The Morgan fingerprint density at radius 1 is 1.43 bits per heavy atom. The van der Waals surface area contributed by atoms with Crippen molar-refractivity contribution in [3.05, 3.63) is 29.3 Å². The number of carbonyl (C=O) groups excluding carboxylic acids is 2. The summed E-state index contributed by atoms with van der Waals surface area (Å²) in [6.07, 6.45) is 1.39. The number of benzene rings is 1. The van der Waals surface area contributed by atoms with Crippen molar-refractivity contribution in [1.82, 2.24) is 4.90 Å². The molecule has 4 nitrogen and oxygen atoms in total. The van der Waals surface area contributed by atoms with Gasteiger partial charge in [-0.15, -0.1) is 11.8 Å². The number of fused-ring (bicyclic) bond motifs is 1. The molecule has 2 heterocycles. The van der Waals surface area contributed by atoms with Gasteiger partial charge in [0, 0.05) is 17.9 Å². The Hall–Kier alpha value is -1.49. The van der Waals surface area contributed by atoms with Crippen molar-refractivity contribution < 1.29 is 9.59 Å². The average molecular weight is 304 g/mol. The van der Waals surface area contributed by atoms with E-state index in [1.165, 1.54) is 0 Å². The van der Waals surface area contributed by atoms with Crippen LogP contribution in [0, 0.1) is 13.8 Å². The second-order valence-corrected chi connectivity index (χ2v) is 7.50. The van der Waals surface area contributed by atoms with E-state index in [4.69, 9.17) is 0 Å². The average Bonchev–Trinajstić information content (AvgIpc) is 2.92. The third-order valence-electron chi connectivity index (χ3n) is 4.61. The molecule has 0 aromatic heterocycles. The Bertz CT molecular complexity index is 616. The molecule has 0 spiro atoms. The molecular weight excluding hydrogens is 284 g/mol. The summed E-state index contributed by atoms with van der Waals surface area (Å²) in [7, 11) is 0. The zero-order valence-electron chi connectivity index (χ0n) is 12.6. The highest BCUT2D eigenvalue weighted by molar-refractivity contribution is 8.01. The standard InChI is InChI=1S/C16H20N2O2S/c1-10-5-4-6-12(11(10)2)17-15(20)13-9-21-16(3)8-7-14(19)18(13)16/h4-6,13H,7-9H2,1-3H3,(H,17,20). The Balaban J connectivity index is 1.80. The van der Waals surface area contributed by atoms with E-state index in [9.17, 15) is 9.59 Å². The van der Waals surface area contributed by atoms with Gasteiger partial charge in [-0.25, -0.2) is 0 Å². The number of hydrogen-bond acceptors (Lipinski definition) is 3. The molecule has 2 fully saturated rings. The molecule has 1 aromatic rings. The van der Waals surface area contributed by atoms with Gasteiger partial charge in [-0.2, -0.15) is 0 Å². The SMILES string of the molecule is Cc1cccc(NC(=O)C2CSC3(C)CCC(=O)N23)c1C. The van der Waals surface area contributed by atoms with Crippen LogP contribution in [0.4, 0.5) is 5.69 Å². The fourth-order valence-corrected chi connectivity index (χ4v) is 4.55. The van der Waals surface area contributed by atoms with E-state index in [0.29, 0.717) is 12.2 Å². The molecule has 2 saturated heterocycles. The maximum absolute atomic E-state index is 12.6. The molecule has 0 aliphatic carbocycles. The zero-order valence-corrected chi connectivity index (χ0v) is 13.4. The summed E-state index contributed by atoms with van der Waals surface area (Å²) in [6.45, 7) is 6.09. The molecule has 2 amide bonds. The molecule has 5 heteroatoms. The Kier molecular flexibility index (Phi) is 3.48. The molecule has 2 aliphatic heterocycles. The smallest absolute Gasteiger partial charge is 0.248 e. The van der Waals surface area contributed by atoms with Gasteiger partial charge in [0.1, 0.15) is 6.04 Å². The molecule has 1 aromatic carbocycles. The third kappa shape index (κ3) is 2.33. The number of rotatable bonds is 2. The van der Waals surface area contributed by atoms with Crippen molar-refractivity contribution in [2.24, 2.45) is 0 Å². The van der Waals surface area contributed by atoms with Gasteiger partial charge in [0.25, 0.3) is 0 Å². The monoisotopic (exact) mass is 304 g/mol. The molecule has 1 N–H and O–H groups in total. The minimum atomic E-state index is -0.352. The van der Waals surface area contributed by atoms with Gasteiger partial charge in [-0.3, -0.25) is 9.59 Å². The molecule has 2 atom stereocenters. The summed E-state index contributed by atoms with van der Waals surface area (Å²) >= 11 is 1.72. The first-order valence-electron chi connectivity index (χ1n) is 7.25. The summed E-state index contributed by atoms with van der Waals surface area (Å²) in [5.41, 5.74) is 3.06. The van der Waals surface area contributed by atoms with Gasteiger partial charge >= 0.3 is 0 Å². The lowest BCUT2D eigenvalue weighted by Crippen LogP contribution is -2.48. The van der Waals surface area contributed by atoms with E-state index in [-0.39, 0.29) is 22.7 Å². The molecule has 2 aliphatic rings. The molecule has 0 bridgehead atoms. The lowest BCUT2D eigenvalue weighted by Gasteiger charge is -2.30. The van der Waals surface area contributed by atoms with Crippen LogP contribution < -0.4 is 5.32 Å². The largest absolute Gasteiger partial charge is 0.324 e. The maximum atomic E-state index is 12.6. The van der Waals surface area contributed by atoms with Crippen LogP contribution in [-0.2, 0) is 9.59 Å². The zero-order chi connectivity index (χ0) is 15.2. The number of nitrogens with one attached hydrogen (secondary N) is 1. The van der Waals surface area contributed by atoms with Crippen molar-refractivity contribution >= 4 is 29.3 Å². The van der Waals surface area contributed by atoms with Crippen LogP contribution in [0.2, 0.25) is 0 Å². The Labute approximate surface area is 129 Å². The highest BCUT2D eigenvalue weighted by atomic mass is 32.2. The number of anilines is 1. The Morgan fingerprint density at radius 3 is 2.95 bits per heavy atom. The maximum Gasteiger partial charge on any atom is 0.248 e. The summed E-state index contributed by atoms with van der Waals surface area (Å²) in [5.74, 6) is 0.706. The van der Waals surface area contributed by atoms with Gasteiger partial charge in [0.2, 0.25) is 11.8 Å². The first kappa shape index (κ1) is 14.4. The van der Waals surface area contributed by atoms with E-state index in [1.54, 1.807) is 16.7 Å². The molecule has 0 radical (unpaired) electrons. The quantitative estimate of drug-likeness (QED) is 0.914. The van der Waals surface area contributed by atoms with Crippen LogP contribution in [0.1, 0.15) is 30.9 Å². The summed E-state index contributed by atoms with van der Waals surface area (Å²) < 4.78 is 0. The lowest BCUT2D eigenvalue weighted by atomic mass is 10.1. The summed E-state index contributed by atoms with van der Waals surface area (Å²) in [6, 6.07) is 5.52.